The second-order valence-corrected chi connectivity index (χ2v) is 11.4. The van der Waals surface area contributed by atoms with E-state index in [1.54, 1.807) is 13.1 Å². The third-order valence-corrected chi connectivity index (χ3v) is 7.27. The summed E-state index contributed by atoms with van der Waals surface area (Å²) in [5.74, 6) is -3.41. The van der Waals surface area contributed by atoms with Crippen LogP contribution in [0.3, 0.4) is 0 Å². The van der Waals surface area contributed by atoms with Crippen molar-refractivity contribution in [3.05, 3.63) is 108 Å². The highest BCUT2D eigenvalue weighted by Crippen LogP contribution is 2.22. The molecular formula is C34H40F2N4O3. The summed E-state index contributed by atoms with van der Waals surface area (Å²) in [7, 11) is 4.45. The number of amides is 3. The molecule has 0 unspecified atom stereocenters. The molecule has 3 N–H and O–H groups in total. The average molecular weight is 591 g/mol. The summed E-state index contributed by atoms with van der Waals surface area (Å²) in [5.41, 5.74) is 8.75. The van der Waals surface area contributed by atoms with Gasteiger partial charge in [0.05, 0.1) is 0 Å². The van der Waals surface area contributed by atoms with Crippen molar-refractivity contribution < 1.29 is 23.2 Å². The average Bonchev–Trinajstić information content (AvgIpc) is 2.99. The van der Waals surface area contributed by atoms with Gasteiger partial charge in [-0.2, -0.15) is 0 Å². The van der Waals surface area contributed by atoms with Crippen molar-refractivity contribution in [2.24, 2.45) is 5.73 Å². The molecule has 9 heteroatoms. The Bertz CT molecular complexity index is 1440. The van der Waals surface area contributed by atoms with Crippen LogP contribution < -0.4 is 11.1 Å². The smallest absolute Gasteiger partial charge is 0.246 e. The highest BCUT2D eigenvalue weighted by molar-refractivity contribution is 5.95. The van der Waals surface area contributed by atoms with Crippen LogP contribution in [-0.4, -0.2) is 66.3 Å². The van der Waals surface area contributed by atoms with E-state index >= 15 is 0 Å². The normalized spacial score (nSPS) is 12.9. The molecule has 0 saturated carbocycles. The summed E-state index contributed by atoms with van der Waals surface area (Å²) in [6, 6.07) is 18.9. The van der Waals surface area contributed by atoms with Crippen LogP contribution in [0.15, 0.2) is 84.9 Å². The van der Waals surface area contributed by atoms with Gasteiger partial charge in [-0.1, -0.05) is 66.7 Å². The van der Waals surface area contributed by atoms with E-state index in [-0.39, 0.29) is 12.8 Å². The second-order valence-electron chi connectivity index (χ2n) is 11.4. The van der Waals surface area contributed by atoms with Gasteiger partial charge >= 0.3 is 0 Å². The number of nitrogens with two attached hydrogens (primary N) is 1. The van der Waals surface area contributed by atoms with Crippen LogP contribution in [0.4, 0.5) is 8.78 Å². The lowest BCUT2D eigenvalue weighted by Crippen LogP contribution is -2.55. The number of carbonyl (C=O) groups excluding carboxylic acids is 3. The molecule has 0 aliphatic carbocycles. The summed E-state index contributed by atoms with van der Waals surface area (Å²) in [6.07, 6.45) is 3.65. The Kier molecular flexibility index (Phi) is 11.3. The predicted octanol–water partition coefficient (Wildman–Crippen LogP) is 4.50. The van der Waals surface area contributed by atoms with Crippen LogP contribution >= 0.6 is 0 Å². The van der Waals surface area contributed by atoms with Crippen molar-refractivity contribution >= 4 is 17.7 Å². The number of benzene rings is 3. The number of rotatable bonds is 12. The van der Waals surface area contributed by atoms with Crippen LogP contribution in [0.5, 0.6) is 0 Å². The molecule has 0 aliphatic rings. The fourth-order valence-electron chi connectivity index (χ4n) is 4.66. The predicted molar refractivity (Wildman–Crippen MR) is 165 cm³/mol. The zero-order valence-electron chi connectivity index (χ0n) is 25.3. The largest absolute Gasteiger partial charge is 0.357 e. The lowest BCUT2D eigenvalue weighted by atomic mass is 9.98. The van der Waals surface area contributed by atoms with Crippen molar-refractivity contribution in [3.8, 4) is 11.1 Å². The topological polar surface area (TPSA) is 95.7 Å². The van der Waals surface area contributed by atoms with Crippen molar-refractivity contribution in [1.82, 2.24) is 15.1 Å². The van der Waals surface area contributed by atoms with Crippen molar-refractivity contribution in [2.75, 3.05) is 21.1 Å². The first-order valence-corrected chi connectivity index (χ1v) is 14.1. The van der Waals surface area contributed by atoms with E-state index in [0.717, 1.165) is 28.8 Å². The number of halogens is 2. The zero-order chi connectivity index (χ0) is 31.7. The molecule has 3 rings (SSSR count). The molecule has 228 valence electrons. The molecule has 0 radical (unpaired) electrons. The van der Waals surface area contributed by atoms with E-state index < -0.39 is 47.0 Å². The van der Waals surface area contributed by atoms with Gasteiger partial charge in [0.1, 0.15) is 12.1 Å². The van der Waals surface area contributed by atoms with E-state index in [4.69, 9.17) is 5.73 Å². The lowest BCUT2D eigenvalue weighted by molar-refractivity contribution is -0.146. The number of likely N-dealkylation sites (N-methyl/N-ethyl adjacent to an activating group) is 3. The summed E-state index contributed by atoms with van der Waals surface area (Å²) in [6.45, 7) is 3.69. The SMILES string of the molecule is CNC(=O)[C@@H](Cc1ccc(F)c(F)c1)N(C)C(=O)[C@@H](Cc1ccc(-c2ccccc2)cc1)N(C)C(=O)/C=C/CC(C)(C)N. The molecule has 0 fully saturated rings. The van der Waals surface area contributed by atoms with Crippen molar-refractivity contribution in [2.45, 2.75) is 50.7 Å². The van der Waals surface area contributed by atoms with Gasteiger partial charge in [-0.05, 0) is 60.7 Å². The number of nitrogens with zero attached hydrogens (tertiary/aromatic N) is 2. The van der Waals surface area contributed by atoms with Crippen molar-refractivity contribution in [1.29, 1.82) is 0 Å². The lowest BCUT2D eigenvalue weighted by Gasteiger charge is -2.34. The molecule has 2 atom stereocenters. The second kappa shape index (κ2) is 14.7. The monoisotopic (exact) mass is 590 g/mol. The fourth-order valence-corrected chi connectivity index (χ4v) is 4.66. The van der Waals surface area contributed by atoms with E-state index in [0.29, 0.717) is 12.0 Å². The Hall–Kier alpha value is -4.37. The van der Waals surface area contributed by atoms with Crippen LogP contribution in [0.2, 0.25) is 0 Å². The summed E-state index contributed by atoms with van der Waals surface area (Å²) in [4.78, 5) is 42.8. The number of hydrogen-bond donors (Lipinski definition) is 2. The molecule has 3 amide bonds. The maximum absolute atomic E-state index is 14.1. The Morgan fingerprint density at radius 3 is 2.00 bits per heavy atom. The molecule has 0 aliphatic heterocycles. The molecule has 0 spiro atoms. The molecule has 7 nitrogen and oxygen atoms in total. The highest BCUT2D eigenvalue weighted by atomic mass is 19.2. The first-order chi connectivity index (χ1) is 20.3. The van der Waals surface area contributed by atoms with Gasteiger partial charge in [0.15, 0.2) is 11.6 Å². The highest BCUT2D eigenvalue weighted by Gasteiger charge is 2.34. The minimum Gasteiger partial charge on any atom is -0.357 e. The van der Waals surface area contributed by atoms with Gasteiger partial charge in [-0.15, -0.1) is 0 Å². The third kappa shape index (κ3) is 9.31. The Balaban J connectivity index is 1.92. The van der Waals surface area contributed by atoms with Crippen molar-refractivity contribution in [3.63, 3.8) is 0 Å². The number of nitrogens with one attached hydrogen (secondary N) is 1. The van der Waals surface area contributed by atoms with E-state index in [2.05, 4.69) is 5.32 Å². The zero-order valence-corrected chi connectivity index (χ0v) is 25.3. The number of carbonyl (C=O) groups is 3. The van der Waals surface area contributed by atoms with Gasteiger partial charge in [-0.3, -0.25) is 14.4 Å². The Labute approximate surface area is 252 Å². The van der Waals surface area contributed by atoms with Gasteiger partial charge in [0, 0.05) is 39.5 Å². The maximum Gasteiger partial charge on any atom is 0.246 e. The minimum absolute atomic E-state index is 0.0548. The van der Waals surface area contributed by atoms with Gasteiger partial charge in [0.2, 0.25) is 17.7 Å². The molecule has 3 aromatic carbocycles. The maximum atomic E-state index is 14.1. The standard InChI is InChI=1S/C34H40F2N4O3/c1-34(2,37)19-9-12-31(41)39(4)30(21-23-13-16-26(17-14-23)25-10-7-6-8-11-25)33(43)40(5)29(32(42)38-3)22-24-15-18-27(35)28(36)20-24/h6-18,20,29-30H,19,21-22,37H2,1-5H3,(H,38,42)/b12-9+/t29-,30-/m1/s1. The van der Waals surface area contributed by atoms with Gasteiger partial charge in [0.25, 0.3) is 0 Å². The molecule has 0 saturated heterocycles. The van der Waals surface area contributed by atoms with E-state index in [9.17, 15) is 23.2 Å². The molecule has 0 aromatic heterocycles. The van der Waals surface area contributed by atoms with Gasteiger partial charge < -0.3 is 20.9 Å². The van der Waals surface area contributed by atoms with Gasteiger partial charge in [-0.25, -0.2) is 8.78 Å². The molecule has 43 heavy (non-hydrogen) atoms. The van der Waals surface area contributed by atoms with Crippen LogP contribution in [0.25, 0.3) is 11.1 Å². The molecule has 3 aromatic rings. The summed E-state index contributed by atoms with van der Waals surface area (Å²) < 4.78 is 27.5. The quantitative estimate of drug-likeness (QED) is 0.304. The fraction of sp³-hybridized carbons (Fsp3) is 0.324. The van der Waals surface area contributed by atoms with E-state index in [1.165, 1.54) is 36.0 Å². The van der Waals surface area contributed by atoms with Crippen LogP contribution in [-0.2, 0) is 27.2 Å². The molecular weight excluding hydrogens is 550 g/mol. The first kappa shape index (κ1) is 33.1. The van der Waals surface area contributed by atoms with Crippen LogP contribution in [0.1, 0.15) is 31.4 Å². The third-order valence-electron chi connectivity index (χ3n) is 7.27. The Morgan fingerprint density at radius 2 is 1.42 bits per heavy atom. The Morgan fingerprint density at radius 1 is 0.837 bits per heavy atom. The van der Waals surface area contributed by atoms with Crippen LogP contribution in [0, 0.1) is 11.6 Å². The molecule has 0 bridgehead atoms. The number of hydrogen-bond acceptors (Lipinski definition) is 4. The molecule has 0 heterocycles. The first-order valence-electron chi connectivity index (χ1n) is 14.1. The minimum atomic E-state index is -1.04. The summed E-state index contributed by atoms with van der Waals surface area (Å²) >= 11 is 0. The summed E-state index contributed by atoms with van der Waals surface area (Å²) in [5, 5.41) is 2.55. The van der Waals surface area contributed by atoms with E-state index in [1.807, 2.05) is 68.4 Å².